The second kappa shape index (κ2) is 7.47. The number of amides is 1. The summed E-state index contributed by atoms with van der Waals surface area (Å²) in [6.07, 6.45) is 0. The monoisotopic (exact) mass is 375 g/mol. The summed E-state index contributed by atoms with van der Waals surface area (Å²) < 4.78 is 26.6. The number of rotatable bonds is 6. The van der Waals surface area contributed by atoms with Crippen LogP contribution in [0.15, 0.2) is 53.4 Å². The molecule has 2 aromatic carbocycles. The molecule has 0 atom stereocenters. The highest BCUT2D eigenvalue weighted by atomic mass is 32.2. The first-order valence-corrected chi connectivity index (χ1v) is 9.67. The van der Waals surface area contributed by atoms with Gasteiger partial charge < -0.3 is 11.1 Å². The molecule has 0 spiro atoms. The summed E-state index contributed by atoms with van der Waals surface area (Å²) in [5, 5.41) is 2.75. The fourth-order valence-electron chi connectivity index (χ4n) is 2.24. The van der Waals surface area contributed by atoms with Gasteiger partial charge in [-0.1, -0.05) is 17.7 Å². The molecule has 0 saturated heterocycles. The second-order valence-electron chi connectivity index (χ2n) is 7.00. The molecule has 0 aromatic heterocycles. The van der Waals surface area contributed by atoms with Crippen molar-refractivity contribution >= 4 is 21.6 Å². The van der Waals surface area contributed by atoms with E-state index in [0.29, 0.717) is 17.8 Å². The van der Waals surface area contributed by atoms with Crippen LogP contribution in [0.2, 0.25) is 0 Å². The molecule has 2 rings (SSSR count). The molecule has 3 N–H and O–H groups in total. The number of hydrogen-bond acceptors (Lipinski definition) is 4. The maximum absolute atomic E-state index is 12.7. The maximum Gasteiger partial charge on any atom is 0.264 e. The van der Waals surface area contributed by atoms with E-state index in [2.05, 4.69) is 5.32 Å². The molecule has 1 amide bonds. The third kappa shape index (κ3) is 4.83. The van der Waals surface area contributed by atoms with Crippen molar-refractivity contribution in [2.75, 3.05) is 17.9 Å². The van der Waals surface area contributed by atoms with Crippen molar-refractivity contribution < 1.29 is 13.2 Å². The van der Waals surface area contributed by atoms with Crippen LogP contribution in [0, 0.1) is 6.92 Å². The number of benzene rings is 2. The molecule has 0 aliphatic heterocycles. The Balaban J connectivity index is 2.16. The van der Waals surface area contributed by atoms with Gasteiger partial charge in [-0.05, 0) is 57.2 Å². The molecular weight excluding hydrogens is 350 g/mol. The number of nitrogens with zero attached hydrogens (tertiary/aromatic N) is 1. The topological polar surface area (TPSA) is 92.5 Å². The zero-order valence-electron chi connectivity index (χ0n) is 15.5. The Kier molecular flexibility index (Phi) is 5.73. The maximum atomic E-state index is 12.7. The van der Waals surface area contributed by atoms with Crippen molar-refractivity contribution in [3.8, 4) is 0 Å². The highest BCUT2D eigenvalue weighted by Gasteiger charge is 2.21. The summed E-state index contributed by atoms with van der Waals surface area (Å²) >= 11 is 0. The van der Waals surface area contributed by atoms with Gasteiger partial charge in [0, 0.05) is 24.7 Å². The molecule has 0 bridgehead atoms. The summed E-state index contributed by atoms with van der Waals surface area (Å²) in [7, 11) is -2.17. The molecule has 0 saturated carbocycles. The average molecular weight is 375 g/mol. The van der Waals surface area contributed by atoms with Crippen molar-refractivity contribution in [2.24, 2.45) is 5.73 Å². The van der Waals surface area contributed by atoms with Gasteiger partial charge in [0.05, 0.1) is 10.6 Å². The first-order valence-electron chi connectivity index (χ1n) is 8.23. The van der Waals surface area contributed by atoms with Gasteiger partial charge >= 0.3 is 0 Å². The SMILES string of the molecule is Cc1ccc(S(=O)(=O)N(C)c2ccc(C(=O)NCC(C)(C)N)cc2)cc1. The van der Waals surface area contributed by atoms with Gasteiger partial charge in [0.2, 0.25) is 0 Å². The van der Waals surface area contributed by atoms with E-state index < -0.39 is 15.6 Å². The Labute approximate surface area is 155 Å². The lowest BCUT2D eigenvalue weighted by molar-refractivity contribution is 0.0946. The Hall–Kier alpha value is -2.38. The molecule has 6 nitrogen and oxygen atoms in total. The normalized spacial score (nSPS) is 11.9. The Bertz CT molecular complexity index is 868. The lowest BCUT2D eigenvalue weighted by Crippen LogP contribution is -2.45. The minimum Gasteiger partial charge on any atom is -0.350 e. The van der Waals surface area contributed by atoms with Crippen molar-refractivity contribution in [3.63, 3.8) is 0 Å². The number of nitrogens with two attached hydrogens (primary N) is 1. The predicted molar refractivity (Wildman–Crippen MR) is 104 cm³/mol. The minimum atomic E-state index is -3.66. The Morgan fingerprint density at radius 1 is 1.08 bits per heavy atom. The molecule has 0 aliphatic carbocycles. The van der Waals surface area contributed by atoms with Gasteiger partial charge in [-0.25, -0.2) is 8.42 Å². The van der Waals surface area contributed by atoms with Crippen LogP contribution < -0.4 is 15.4 Å². The van der Waals surface area contributed by atoms with E-state index in [-0.39, 0.29) is 10.8 Å². The molecule has 26 heavy (non-hydrogen) atoms. The average Bonchev–Trinajstić information content (AvgIpc) is 2.59. The van der Waals surface area contributed by atoms with Gasteiger partial charge in [-0.15, -0.1) is 0 Å². The summed E-state index contributed by atoms with van der Waals surface area (Å²) in [6, 6.07) is 13.1. The van der Waals surface area contributed by atoms with Crippen LogP contribution in [-0.4, -0.2) is 33.5 Å². The van der Waals surface area contributed by atoms with Crippen LogP contribution in [-0.2, 0) is 10.0 Å². The highest BCUT2D eigenvalue weighted by molar-refractivity contribution is 7.92. The number of aryl methyl sites for hydroxylation is 1. The predicted octanol–water partition coefficient (Wildman–Crippen LogP) is 2.29. The van der Waals surface area contributed by atoms with Gasteiger partial charge in [-0.2, -0.15) is 0 Å². The Morgan fingerprint density at radius 2 is 1.62 bits per heavy atom. The summed E-state index contributed by atoms with van der Waals surface area (Å²) in [5.74, 6) is -0.251. The van der Waals surface area contributed by atoms with E-state index in [9.17, 15) is 13.2 Å². The van der Waals surface area contributed by atoms with E-state index >= 15 is 0 Å². The number of hydrogen-bond donors (Lipinski definition) is 2. The zero-order valence-corrected chi connectivity index (χ0v) is 16.3. The van der Waals surface area contributed by atoms with Crippen molar-refractivity contribution in [3.05, 3.63) is 59.7 Å². The first-order chi connectivity index (χ1) is 12.0. The molecular formula is C19H25N3O3S. The number of nitrogens with one attached hydrogen (secondary N) is 1. The summed E-state index contributed by atoms with van der Waals surface area (Å²) in [4.78, 5) is 12.3. The summed E-state index contributed by atoms with van der Waals surface area (Å²) in [5.41, 5.74) is 7.25. The lowest BCUT2D eigenvalue weighted by Gasteiger charge is -2.20. The van der Waals surface area contributed by atoms with Crippen LogP contribution in [0.4, 0.5) is 5.69 Å². The third-order valence-corrected chi connectivity index (χ3v) is 5.68. The first kappa shape index (κ1) is 19.9. The quantitative estimate of drug-likeness (QED) is 0.810. The van der Waals surface area contributed by atoms with Crippen LogP contribution >= 0.6 is 0 Å². The number of sulfonamides is 1. The number of carbonyl (C=O) groups excluding carboxylic acids is 1. The zero-order chi connectivity index (χ0) is 19.5. The molecule has 0 unspecified atom stereocenters. The molecule has 0 fully saturated rings. The van der Waals surface area contributed by atoms with Gasteiger partial charge in [0.15, 0.2) is 0 Å². The summed E-state index contributed by atoms with van der Waals surface area (Å²) in [6.45, 7) is 5.88. The van der Waals surface area contributed by atoms with Gasteiger partial charge in [-0.3, -0.25) is 9.10 Å². The van der Waals surface area contributed by atoms with Gasteiger partial charge in [0.1, 0.15) is 0 Å². The van der Waals surface area contributed by atoms with Crippen molar-refractivity contribution in [2.45, 2.75) is 31.2 Å². The standard InChI is InChI=1S/C19H25N3O3S/c1-14-5-11-17(12-6-14)26(24,25)22(4)16-9-7-15(8-10-16)18(23)21-13-19(2,3)20/h5-12H,13,20H2,1-4H3,(H,21,23). The minimum absolute atomic E-state index is 0.220. The third-order valence-electron chi connectivity index (χ3n) is 3.88. The Morgan fingerprint density at radius 3 is 2.12 bits per heavy atom. The van der Waals surface area contributed by atoms with E-state index in [1.165, 1.54) is 11.4 Å². The highest BCUT2D eigenvalue weighted by Crippen LogP contribution is 2.22. The molecule has 2 aromatic rings. The van der Waals surface area contributed by atoms with E-state index in [4.69, 9.17) is 5.73 Å². The van der Waals surface area contributed by atoms with E-state index in [1.54, 1.807) is 48.5 Å². The molecule has 0 heterocycles. The molecule has 140 valence electrons. The number of anilines is 1. The fraction of sp³-hybridized carbons (Fsp3) is 0.316. The van der Waals surface area contributed by atoms with Crippen LogP contribution in [0.5, 0.6) is 0 Å². The van der Waals surface area contributed by atoms with E-state index in [0.717, 1.165) is 5.56 Å². The number of carbonyl (C=O) groups is 1. The van der Waals surface area contributed by atoms with Crippen LogP contribution in [0.1, 0.15) is 29.8 Å². The van der Waals surface area contributed by atoms with Crippen LogP contribution in [0.25, 0.3) is 0 Å². The smallest absolute Gasteiger partial charge is 0.264 e. The molecule has 0 aliphatic rings. The molecule has 0 radical (unpaired) electrons. The van der Waals surface area contributed by atoms with Crippen molar-refractivity contribution in [1.82, 2.24) is 5.32 Å². The van der Waals surface area contributed by atoms with Crippen LogP contribution in [0.3, 0.4) is 0 Å². The largest absolute Gasteiger partial charge is 0.350 e. The lowest BCUT2D eigenvalue weighted by atomic mass is 10.1. The molecule has 7 heteroatoms. The fourth-order valence-corrected chi connectivity index (χ4v) is 3.44. The van der Waals surface area contributed by atoms with Gasteiger partial charge in [0.25, 0.3) is 15.9 Å². The second-order valence-corrected chi connectivity index (χ2v) is 8.97. The van der Waals surface area contributed by atoms with Crippen molar-refractivity contribution in [1.29, 1.82) is 0 Å². The van der Waals surface area contributed by atoms with E-state index in [1.807, 2.05) is 20.8 Å².